The average Bonchev–Trinajstić information content (AvgIpc) is 4.09. The molecule has 6 aromatic rings. The zero-order valence-electron chi connectivity index (χ0n) is 46.0. The summed E-state index contributed by atoms with van der Waals surface area (Å²) in [5.41, 5.74) is 10.5. The number of rotatable bonds is 13. The Balaban J connectivity index is 0.000000176. The number of carboxylic acid groups (broad SMARTS) is 1. The van der Waals surface area contributed by atoms with Crippen molar-refractivity contribution in [3.8, 4) is 52.8 Å². The van der Waals surface area contributed by atoms with Crippen molar-refractivity contribution in [1.82, 2.24) is 0 Å². The van der Waals surface area contributed by atoms with E-state index in [0.29, 0.717) is 17.8 Å². The number of aliphatic hydroxyl groups is 1. The number of aromatic hydroxyl groups is 1. The van der Waals surface area contributed by atoms with Crippen LogP contribution in [0.15, 0.2) is 146 Å². The van der Waals surface area contributed by atoms with Gasteiger partial charge in [0.25, 0.3) is 0 Å². The van der Waals surface area contributed by atoms with Gasteiger partial charge in [-0.3, -0.25) is 14.4 Å². The van der Waals surface area contributed by atoms with Crippen LogP contribution >= 0.6 is 0 Å². The predicted molar refractivity (Wildman–Crippen MR) is 305 cm³/mol. The zero-order valence-corrected chi connectivity index (χ0v) is 46.0. The standard InChI is InChI=1S/C23H24O3.C22H22O3.C13H14O3.C10H12O/c1-4-7-18(15-22(24)25-3)17-10-12-20(13-11-17)26-23-16(2)14-19-8-5-6-9-21(19)23;1-3-6-17(14-21(23)24)16-9-11-19(12-10-16)25-22-15(2)13-18-7-4-5-8-20(18)22;1-3-4-11(9-13(15)16-2)10-5-7-12(14)8-6-10;1-7-6-8-4-2-3-5-9(8)10(7)11/h5-6,8-13,16,18,23H,14-15H2,1-3H3;4-5,7-12,15,17,22H,13-14H2,1-2H3,(H,23,24);5-8,11,14H,9H2,1-2H3;2-5,7,10-11H,6H2,1H3/t16?,18-,23?;15?,17-,22?;11-;/m000./s1. The first-order valence-corrected chi connectivity index (χ1v) is 26.5. The smallest absolute Gasteiger partial charge is 0.307 e. The van der Waals surface area contributed by atoms with Gasteiger partial charge in [0, 0.05) is 11.8 Å². The van der Waals surface area contributed by atoms with Gasteiger partial charge in [0.05, 0.1) is 57.3 Å². The molecule has 3 aliphatic rings. The minimum Gasteiger partial charge on any atom is -0.508 e. The van der Waals surface area contributed by atoms with Crippen molar-refractivity contribution in [2.45, 2.75) is 116 Å². The lowest BCUT2D eigenvalue weighted by molar-refractivity contribution is -0.141. The molecule has 6 aromatic carbocycles. The van der Waals surface area contributed by atoms with Crippen LogP contribution in [0.5, 0.6) is 17.2 Å². The Morgan fingerprint density at radius 1 is 0.487 bits per heavy atom. The fourth-order valence-electron chi connectivity index (χ4n) is 10.2. The van der Waals surface area contributed by atoms with Crippen molar-refractivity contribution >= 4 is 17.9 Å². The van der Waals surface area contributed by atoms with Gasteiger partial charge < -0.3 is 34.3 Å². The summed E-state index contributed by atoms with van der Waals surface area (Å²) >= 11 is 0. The van der Waals surface area contributed by atoms with E-state index in [1.165, 1.54) is 42.0 Å². The van der Waals surface area contributed by atoms with Crippen molar-refractivity contribution in [2.75, 3.05) is 14.2 Å². The molecule has 9 atom stereocenters. The highest BCUT2D eigenvalue weighted by atomic mass is 16.5. The second-order valence-electron chi connectivity index (χ2n) is 19.9. The number of carbonyl (C=O) groups is 3. The normalized spacial score (nSPS) is 18.9. The third-order valence-corrected chi connectivity index (χ3v) is 14.2. The second kappa shape index (κ2) is 29.3. The van der Waals surface area contributed by atoms with Crippen LogP contribution in [0.1, 0.15) is 147 Å². The van der Waals surface area contributed by atoms with E-state index >= 15 is 0 Å². The number of fused-ring (bicyclic) bond motifs is 3. The fourth-order valence-corrected chi connectivity index (χ4v) is 10.2. The molecule has 0 saturated carbocycles. The maximum Gasteiger partial charge on any atom is 0.307 e. The molecule has 0 radical (unpaired) electrons. The second-order valence-corrected chi connectivity index (χ2v) is 19.9. The van der Waals surface area contributed by atoms with Gasteiger partial charge in [-0.05, 0) is 132 Å². The first-order chi connectivity index (χ1) is 37.7. The minimum absolute atomic E-state index is 0.00801. The van der Waals surface area contributed by atoms with Crippen molar-refractivity contribution in [1.29, 1.82) is 0 Å². The van der Waals surface area contributed by atoms with Gasteiger partial charge >= 0.3 is 17.9 Å². The van der Waals surface area contributed by atoms with Gasteiger partial charge in [-0.1, -0.05) is 148 Å². The number of phenolic OH excluding ortho intramolecular Hbond substituents is 1. The Bertz CT molecular complexity index is 3130. The Morgan fingerprint density at radius 2 is 0.821 bits per heavy atom. The Hall–Kier alpha value is -8.23. The molecule has 404 valence electrons. The molecule has 78 heavy (non-hydrogen) atoms. The molecular formula is C68H72O10. The molecule has 3 aliphatic carbocycles. The van der Waals surface area contributed by atoms with E-state index < -0.39 is 5.97 Å². The van der Waals surface area contributed by atoms with Crippen LogP contribution in [0.2, 0.25) is 0 Å². The highest BCUT2D eigenvalue weighted by molar-refractivity contribution is 5.72. The molecular weight excluding hydrogens is 977 g/mol. The molecule has 0 amide bonds. The number of methoxy groups -OCH3 is 2. The van der Waals surface area contributed by atoms with Crippen LogP contribution in [0.3, 0.4) is 0 Å². The van der Waals surface area contributed by atoms with E-state index in [-0.39, 0.29) is 73.0 Å². The molecule has 0 aliphatic heterocycles. The quantitative estimate of drug-likeness (QED) is 0.0754. The summed E-state index contributed by atoms with van der Waals surface area (Å²) in [6.07, 6.45) is 3.51. The van der Waals surface area contributed by atoms with Gasteiger partial charge in [-0.15, -0.1) is 17.8 Å². The van der Waals surface area contributed by atoms with E-state index in [1.807, 2.05) is 66.7 Å². The molecule has 0 spiro atoms. The number of hydrogen-bond donors (Lipinski definition) is 3. The van der Waals surface area contributed by atoms with Crippen LogP contribution in [0, 0.1) is 53.3 Å². The fraction of sp³-hybridized carbons (Fsp3) is 0.338. The van der Waals surface area contributed by atoms with Gasteiger partial charge in [0.1, 0.15) is 29.5 Å². The number of ether oxygens (including phenoxy) is 4. The maximum atomic E-state index is 11.6. The van der Waals surface area contributed by atoms with Crippen molar-refractivity contribution < 1.29 is 48.7 Å². The third kappa shape index (κ3) is 16.4. The topological polar surface area (TPSA) is 149 Å². The first-order valence-electron chi connectivity index (χ1n) is 26.5. The van der Waals surface area contributed by atoms with Gasteiger partial charge in [-0.2, -0.15) is 0 Å². The Labute approximate surface area is 461 Å². The minimum atomic E-state index is -0.843. The zero-order chi connectivity index (χ0) is 56.1. The van der Waals surface area contributed by atoms with Crippen molar-refractivity contribution in [3.63, 3.8) is 0 Å². The van der Waals surface area contributed by atoms with Gasteiger partial charge in [-0.25, -0.2) is 0 Å². The number of aliphatic carboxylic acids is 1. The van der Waals surface area contributed by atoms with E-state index in [1.54, 1.807) is 45.0 Å². The number of esters is 2. The Kier molecular flexibility index (Phi) is 22.2. The number of aliphatic hydroxyl groups excluding tert-OH is 1. The number of phenols is 1. The highest BCUT2D eigenvalue weighted by Gasteiger charge is 2.32. The summed E-state index contributed by atoms with van der Waals surface area (Å²) in [6, 6.07) is 47.3. The maximum absolute atomic E-state index is 11.6. The molecule has 10 heteroatoms. The third-order valence-electron chi connectivity index (χ3n) is 14.2. The largest absolute Gasteiger partial charge is 0.508 e. The summed E-state index contributed by atoms with van der Waals surface area (Å²) in [4.78, 5) is 33.8. The van der Waals surface area contributed by atoms with Crippen LogP contribution in [0.25, 0.3) is 0 Å². The van der Waals surface area contributed by atoms with E-state index in [2.05, 4.69) is 116 Å². The summed E-state index contributed by atoms with van der Waals surface area (Å²) < 4.78 is 21.9. The molecule has 3 N–H and O–H groups in total. The SMILES string of the molecule is CC#C[C@@H](CC(=O)O)c1ccc(OC2c3ccccc3CC2C)cc1.CC#C[C@@H](CC(=O)OC)c1ccc(O)cc1.CC#C[C@@H](CC(=O)OC)c1ccc(OC2c3ccccc3CC2C)cc1.CC1Cc2ccccc2C1O. The molecule has 0 aromatic heterocycles. The number of carbonyl (C=O) groups excluding carboxylic acids is 2. The summed E-state index contributed by atoms with van der Waals surface area (Å²) in [5, 5.41) is 27.9. The lowest BCUT2D eigenvalue weighted by atomic mass is 9.96. The average molecular weight is 1050 g/mol. The van der Waals surface area contributed by atoms with Crippen LogP contribution in [-0.2, 0) is 43.1 Å². The highest BCUT2D eigenvalue weighted by Crippen LogP contribution is 2.41. The lowest BCUT2D eigenvalue weighted by Crippen LogP contribution is -2.11. The van der Waals surface area contributed by atoms with Crippen LogP contribution in [-0.4, -0.2) is 47.4 Å². The molecule has 0 bridgehead atoms. The van der Waals surface area contributed by atoms with E-state index in [4.69, 9.17) is 24.4 Å². The molecule has 10 nitrogen and oxygen atoms in total. The van der Waals surface area contributed by atoms with Crippen LogP contribution < -0.4 is 9.47 Å². The van der Waals surface area contributed by atoms with Crippen molar-refractivity contribution in [3.05, 3.63) is 196 Å². The first kappa shape index (κ1) is 59.0. The lowest BCUT2D eigenvalue weighted by Gasteiger charge is -2.20. The summed E-state index contributed by atoms with van der Waals surface area (Å²) in [6.45, 7) is 11.8. The molecule has 0 saturated heterocycles. The monoisotopic (exact) mass is 1050 g/mol. The number of hydrogen-bond acceptors (Lipinski definition) is 9. The van der Waals surface area contributed by atoms with Crippen molar-refractivity contribution in [2.24, 2.45) is 17.8 Å². The predicted octanol–water partition coefficient (Wildman–Crippen LogP) is 13.2. The van der Waals surface area contributed by atoms with E-state index in [0.717, 1.165) is 53.0 Å². The van der Waals surface area contributed by atoms with Gasteiger partial charge in [0.15, 0.2) is 0 Å². The number of benzene rings is 6. The Morgan fingerprint density at radius 3 is 1.18 bits per heavy atom. The van der Waals surface area contributed by atoms with Gasteiger partial charge in [0.2, 0.25) is 0 Å². The summed E-state index contributed by atoms with van der Waals surface area (Å²) in [5.74, 6) is 18.6. The van der Waals surface area contributed by atoms with E-state index in [9.17, 15) is 19.5 Å². The summed E-state index contributed by atoms with van der Waals surface area (Å²) in [7, 11) is 2.76. The number of carboxylic acids is 1. The molecule has 0 heterocycles. The van der Waals surface area contributed by atoms with Crippen LogP contribution in [0.4, 0.5) is 0 Å². The molecule has 9 rings (SSSR count). The molecule has 0 fully saturated rings. The molecule has 6 unspecified atom stereocenters.